The minimum atomic E-state index is -3.48. The third-order valence-corrected chi connectivity index (χ3v) is 6.57. The van der Waals surface area contributed by atoms with Gasteiger partial charge in [0.1, 0.15) is 11.2 Å². The zero-order valence-electron chi connectivity index (χ0n) is 12.8. The zero-order valence-corrected chi connectivity index (χ0v) is 13.6. The lowest BCUT2D eigenvalue weighted by atomic mass is 9.77. The van der Waals surface area contributed by atoms with Gasteiger partial charge in [-0.1, -0.05) is 6.92 Å². The highest BCUT2D eigenvalue weighted by molar-refractivity contribution is 7.89. The maximum absolute atomic E-state index is 11.7. The van der Waals surface area contributed by atoms with Crippen LogP contribution in [0.1, 0.15) is 32.2 Å². The summed E-state index contributed by atoms with van der Waals surface area (Å²) in [5.74, 6) is 0.126. The van der Waals surface area contributed by atoms with Crippen molar-refractivity contribution in [3.63, 3.8) is 0 Å². The van der Waals surface area contributed by atoms with E-state index in [4.69, 9.17) is 5.14 Å². The fourth-order valence-electron chi connectivity index (χ4n) is 3.80. The molecule has 1 aliphatic rings. The van der Waals surface area contributed by atoms with Gasteiger partial charge in [-0.3, -0.25) is 0 Å². The van der Waals surface area contributed by atoms with Crippen molar-refractivity contribution in [3.05, 3.63) is 24.8 Å². The maximum Gasteiger partial charge on any atom is 0.212 e. The summed E-state index contributed by atoms with van der Waals surface area (Å²) in [6.07, 6.45) is 7.65. The molecule has 0 saturated heterocycles. The second kappa shape index (κ2) is 5.04. The number of aromatic nitrogens is 4. The lowest BCUT2D eigenvalue weighted by molar-refractivity contribution is 0.191. The molecule has 3 heterocycles. The molecule has 1 unspecified atom stereocenters. The number of nitrogens with zero attached hydrogens (tertiary/aromatic N) is 3. The number of imidazole rings is 1. The predicted molar refractivity (Wildman–Crippen MR) is 88.3 cm³/mol. The van der Waals surface area contributed by atoms with Gasteiger partial charge in [0.15, 0.2) is 0 Å². The molecule has 23 heavy (non-hydrogen) atoms. The largest absolute Gasteiger partial charge is 0.346 e. The molecule has 4 rings (SSSR count). The summed E-state index contributed by atoms with van der Waals surface area (Å²) in [4.78, 5) is 11.9. The Bertz CT molecular complexity index is 968. The van der Waals surface area contributed by atoms with Crippen LogP contribution in [0, 0.1) is 5.92 Å². The molecule has 1 fully saturated rings. The molecule has 0 spiro atoms. The monoisotopic (exact) mass is 333 g/mol. The molecular weight excluding hydrogens is 314 g/mol. The quantitative estimate of drug-likeness (QED) is 0.760. The van der Waals surface area contributed by atoms with Crippen LogP contribution in [0.15, 0.2) is 24.8 Å². The van der Waals surface area contributed by atoms with Gasteiger partial charge in [-0.15, -0.1) is 0 Å². The number of hydrogen-bond donors (Lipinski definition) is 2. The van der Waals surface area contributed by atoms with Crippen LogP contribution in [0.4, 0.5) is 0 Å². The first-order valence-electron chi connectivity index (χ1n) is 7.79. The van der Waals surface area contributed by atoms with Crippen LogP contribution in [0.3, 0.4) is 0 Å². The van der Waals surface area contributed by atoms with Crippen LogP contribution in [-0.2, 0) is 10.0 Å². The summed E-state index contributed by atoms with van der Waals surface area (Å²) in [6, 6.07) is 2.26. The van der Waals surface area contributed by atoms with E-state index >= 15 is 0 Å². The third kappa shape index (κ3) is 2.24. The fourth-order valence-corrected chi connectivity index (χ4v) is 5.03. The Morgan fingerprint density at radius 3 is 2.91 bits per heavy atom. The number of pyridine rings is 1. The Kier molecular flexibility index (Phi) is 3.21. The predicted octanol–water partition coefficient (Wildman–Crippen LogP) is 1.93. The minimum Gasteiger partial charge on any atom is -0.346 e. The van der Waals surface area contributed by atoms with Crippen molar-refractivity contribution in [2.24, 2.45) is 11.1 Å². The molecule has 0 bridgehead atoms. The third-order valence-electron chi connectivity index (χ3n) is 5.01. The van der Waals surface area contributed by atoms with Gasteiger partial charge in [0, 0.05) is 17.6 Å². The smallest absolute Gasteiger partial charge is 0.212 e. The van der Waals surface area contributed by atoms with Gasteiger partial charge in [-0.25, -0.2) is 23.5 Å². The van der Waals surface area contributed by atoms with Crippen LogP contribution >= 0.6 is 0 Å². The summed E-state index contributed by atoms with van der Waals surface area (Å²) in [5, 5.41) is 5.96. The Hall–Kier alpha value is -1.93. The first kappa shape index (κ1) is 14.6. The van der Waals surface area contributed by atoms with Crippen molar-refractivity contribution in [2.45, 2.75) is 37.5 Å². The SMILES string of the molecule is CCC([C@H]1C[C@H](n2cnc3cnc4[nH]ccc4c32)C1)S(N)(=O)=O. The van der Waals surface area contributed by atoms with E-state index in [1.54, 1.807) is 6.20 Å². The summed E-state index contributed by atoms with van der Waals surface area (Å²) < 4.78 is 25.5. The molecule has 1 atom stereocenters. The number of nitrogens with one attached hydrogen (secondary N) is 1. The van der Waals surface area contributed by atoms with Crippen molar-refractivity contribution in [1.82, 2.24) is 19.5 Å². The van der Waals surface area contributed by atoms with Gasteiger partial charge in [0.2, 0.25) is 10.0 Å². The average Bonchev–Trinajstić information content (AvgIpc) is 3.06. The molecule has 0 aliphatic heterocycles. The van der Waals surface area contributed by atoms with E-state index in [1.807, 2.05) is 25.5 Å². The Labute approximate surface area is 134 Å². The normalized spacial score (nSPS) is 23.2. The fraction of sp³-hybridized carbons (Fsp3) is 0.467. The molecule has 7 nitrogen and oxygen atoms in total. The molecule has 3 N–H and O–H groups in total. The van der Waals surface area contributed by atoms with E-state index in [0.717, 1.165) is 34.9 Å². The van der Waals surface area contributed by atoms with Crippen LogP contribution in [0.25, 0.3) is 22.1 Å². The second-order valence-electron chi connectivity index (χ2n) is 6.30. The number of fused-ring (bicyclic) bond motifs is 3. The molecule has 1 saturated carbocycles. The van der Waals surface area contributed by atoms with Gasteiger partial charge in [-0.05, 0) is 31.2 Å². The second-order valence-corrected chi connectivity index (χ2v) is 8.09. The molecule has 8 heteroatoms. The molecule has 122 valence electrons. The average molecular weight is 333 g/mol. The molecule has 0 radical (unpaired) electrons. The molecule has 1 aliphatic carbocycles. The van der Waals surface area contributed by atoms with Gasteiger partial charge < -0.3 is 9.55 Å². The van der Waals surface area contributed by atoms with Crippen molar-refractivity contribution < 1.29 is 8.42 Å². The molecule has 3 aromatic rings. The Morgan fingerprint density at radius 1 is 1.43 bits per heavy atom. The summed E-state index contributed by atoms with van der Waals surface area (Å²) in [7, 11) is -3.48. The molecule has 3 aromatic heterocycles. The number of aromatic amines is 1. The highest BCUT2D eigenvalue weighted by Crippen LogP contribution is 2.44. The number of rotatable bonds is 4. The standard InChI is InChI=1S/C15H19N5O2S/c1-2-13(23(16,21)22)9-5-10(6-9)20-8-19-12-7-18-15-11(14(12)20)3-4-17-15/h3-4,7-10,13H,2,5-6H2,1H3,(H,17,18)(H2,16,21,22)/t9-,10-,13?. The van der Waals surface area contributed by atoms with Crippen LogP contribution in [-0.4, -0.2) is 33.2 Å². The summed E-state index contributed by atoms with van der Waals surface area (Å²) in [5.41, 5.74) is 2.76. The first-order chi connectivity index (χ1) is 11.0. The number of primary sulfonamides is 1. The van der Waals surface area contributed by atoms with Crippen molar-refractivity contribution in [1.29, 1.82) is 0 Å². The molecular formula is C15H19N5O2S. The van der Waals surface area contributed by atoms with Gasteiger partial charge in [-0.2, -0.15) is 0 Å². The lowest BCUT2D eigenvalue weighted by Gasteiger charge is -2.40. The first-order valence-corrected chi connectivity index (χ1v) is 9.40. The number of nitrogens with two attached hydrogens (primary N) is 1. The van der Waals surface area contributed by atoms with E-state index in [0.29, 0.717) is 6.42 Å². The van der Waals surface area contributed by atoms with E-state index < -0.39 is 15.3 Å². The van der Waals surface area contributed by atoms with E-state index in [1.165, 1.54) is 0 Å². The minimum absolute atomic E-state index is 0.126. The van der Waals surface area contributed by atoms with E-state index in [2.05, 4.69) is 19.5 Å². The van der Waals surface area contributed by atoms with E-state index in [9.17, 15) is 8.42 Å². The lowest BCUT2D eigenvalue weighted by Crippen LogP contribution is -2.41. The zero-order chi connectivity index (χ0) is 16.2. The summed E-state index contributed by atoms with van der Waals surface area (Å²) >= 11 is 0. The molecule has 0 amide bonds. The van der Waals surface area contributed by atoms with Gasteiger partial charge in [0.05, 0.1) is 23.3 Å². The van der Waals surface area contributed by atoms with E-state index in [-0.39, 0.29) is 12.0 Å². The number of sulfonamides is 1. The van der Waals surface area contributed by atoms with Crippen molar-refractivity contribution in [3.8, 4) is 0 Å². The van der Waals surface area contributed by atoms with Crippen LogP contribution in [0.2, 0.25) is 0 Å². The van der Waals surface area contributed by atoms with Crippen molar-refractivity contribution >= 4 is 32.1 Å². The highest BCUT2D eigenvalue weighted by atomic mass is 32.2. The number of H-pyrrole nitrogens is 1. The Balaban J connectivity index is 1.66. The Morgan fingerprint density at radius 2 is 2.22 bits per heavy atom. The van der Waals surface area contributed by atoms with Gasteiger partial charge >= 0.3 is 0 Å². The van der Waals surface area contributed by atoms with Crippen molar-refractivity contribution in [2.75, 3.05) is 0 Å². The highest BCUT2D eigenvalue weighted by Gasteiger charge is 2.40. The topological polar surface area (TPSA) is 107 Å². The van der Waals surface area contributed by atoms with Crippen LogP contribution < -0.4 is 5.14 Å². The number of hydrogen-bond acceptors (Lipinski definition) is 4. The van der Waals surface area contributed by atoms with Gasteiger partial charge in [0.25, 0.3) is 0 Å². The summed E-state index contributed by atoms with van der Waals surface area (Å²) in [6.45, 7) is 1.88. The molecule has 0 aromatic carbocycles. The van der Waals surface area contributed by atoms with Crippen LogP contribution in [0.5, 0.6) is 0 Å². The maximum atomic E-state index is 11.7.